The molecule has 16 heavy (non-hydrogen) atoms. The normalized spacial score (nSPS) is 35.9. The Morgan fingerprint density at radius 1 is 1.06 bits per heavy atom. The summed E-state index contributed by atoms with van der Waals surface area (Å²) in [6, 6.07) is 6.17. The summed E-state index contributed by atoms with van der Waals surface area (Å²) in [5.41, 5.74) is -0.137. The molecular weight excluding hydrogens is 268 g/mol. The van der Waals surface area contributed by atoms with E-state index in [1.54, 1.807) is 0 Å². The number of hydrogen-bond donors (Lipinski definition) is 2. The molecule has 1 fully saturated rings. The van der Waals surface area contributed by atoms with Gasteiger partial charge in [0.05, 0.1) is 12.2 Å². The van der Waals surface area contributed by atoms with Crippen LogP contribution in [0.4, 0.5) is 0 Å². The van der Waals surface area contributed by atoms with E-state index in [2.05, 4.69) is 40.2 Å². The van der Waals surface area contributed by atoms with E-state index in [-0.39, 0.29) is 5.41 Å². The fourth-order valence-electron chi connectivity index (χ4n) is 2.83. The lowest BCUT2D eigenvalue weighted by Crippen LogP contribution is -2.19. The molecule has 0 bridgehead atoms. The molecule has 0 saturated heterocycles. The van der Waals surface area contributed by atoms with Gasteiger partial charge in [0.1, 0.15) is 0 Å². The maximum Gasteiger partial charge on any atom is 0.0810 e. The van der Waals surface area contributed by atoms with Crippen LogP contribution in [0.2, 0.25) is 0 Å². The Morgan fingerprint density at radius 3 is 2.38 bits per heavy atom. The van der Waals surface area contributed by atoms with Crippen LogP contribution in [0.15, 0.2) is 22.7 Å². The SMILES string of the molecule is OC1CC2(C=c3ccc(Br)cc3=C2)CC1O. The first kappa shape index (κ1) is 10.5. The van der Waals surface area contributed by atoms with Crippen LogP contribution < -0.4 is 10.4 Å². The Morgan fingerprint density at radius 2 is 1.69 bits per heavy atom. The Kier molecular flexibility index (Phi) is 2.25. The van der Waals surface area contributed by atoms with E-state index in [4.69, 9.17) is 0 Å². The number of rotatable bonds is 0. The molecule has 1 saturated carbocycles. The molecule has 2 aliphatic rings. The molecule has 2 aliphatic carbocycles. The molecule has 2 N–H and O–H groups in total. The van der Waals surface area contributed by atoms with E-state index >= 15 is 0 Å². The van der Waals surface area contributed by atoms with E-state index < -0.39 is 12.2 Å². The smallest absolute Gasteiger partial charge is 0.0810 e. The lowest BCUT2D eigenvalue weighted by molar-refractivity contribution is 0.0438. The van der Waals surface area contributed by atoms with Gasteiger partial charge in [-0.05, 0) is 35.4 Å². The standard InChI is InChI=1S/C13H13BrO2/c14-10-2-1-8-4-13(5-9(8)3-10)6-11(15)12(16)7-13/h1-5,11-12,15-16H,6-7H2. The third-order valence-electron chi connectivity index (χ3n) is 3.56. The van der Waals surface area contributed by atoms with Gasteiger partial charge in [-0.2, -0.15) is 0 Å². The summed E-state index contributed by atoms with van der Waals surface area (Å²) in [5.74, 6) is 0. The highest BCUT2D eigenvalue weighted by Crippen LogP contribution is 2.42. The summed E-state index contributed by atoms with van der Waals surface area (Å²) >= 11 is 3.45. The molecule has 3 heteroatoms. The quantitative estimate of drug-likeness (QED) is 0.728. The van der Waals surface area contributed by atoms with Crippen molar-refractivity contribution in [2.75, 3.05) is 0 Å². The topological polar surface area (TPSA) is 40.5 Å². The zero-order chi connectivity index (χ0) is 11.3. The van der Waals surface area contributed by atoms with Crippen molar-refractivity contribution in [3.05, 3.63) is 33.1 Å². The van der Waals surface area contributed by atoms with Crippen molar-refractivity contribution in [2.45, 2.75) is 25.0 Å². The second-order valence-corrected chi connectivity index (χ2v) is 5.75. The molecule has 1 aromatic carbocycles. The third kappa shape index (κ3) is 1.54. The van der Waals surface area contributed by atoms with Gasteiger partial charge in [-0.1, -0.05) is 34.1 Å². The van der Waals surface area contributed by atoms with Crippen molar-refractivity contribution in [3.8, 4) is 0 Å². The predicted octanol–water partition coefficient (Wildman–Crippen LogP) is 0.526. The molecule has 0 aliphatic heterocycles. The molecule has 0 heterocycles. The van der Waals surface area contributed by atoms with E-state index in [1.807, 2.05) is 6.07 Å². The van der Waals surface area contributed by atoms with Crippen LogP contribution in [0, 0.1) is 5.41 Å². The van der Waals surface area contributed by atoms with Crippen LogP contribution in [-0.2, 0) is 0 Å². The molecule has 2 nitrogen and oxygen atoms in total. The summed E-state index contributed by atoms with van der Waals surface area (Å²) in [6.45, 7) is 0. The van der Waals surface area contributed by atoms with Crippen LogP contribution in [-0.4, -0.2) is 22.4 Å². The summed E-state index contributed by atoms with van der Waals surface area (Å²) in [5, 5.41) is 21.7. The Balaban J connectivity index is 2.11. The number of benzene rings is 1. The van der Waals surface area contributed by atoms with Gasteiger partial charge in [0.15, 0.2) is 0 Å². The molecule has 3 rings (SSSR count). The molecule has 84 valence electrons. The van der Waals surface area contributed by atoms with Gasteiger partial charge in [0.2, 0.25) is 0 Å². The van der Waals surface area contributed by atoms with Crippen molar-refractivity contribution >= 4 is 28.1 Å². The highest BCUT2D eigenvalue weighted by molar-refractivity contribution is 9.10. The van der Waals surface area contributed by atoms with Crippen molar-refractivity contribution in [1.82, 2.24) is 0 Å². The average Bonchev–Trinajstić information content (AvgIpc) is 2.66. The zero-order valence-electron chi connectivity index (χ0n) is 8.73. The van der Waals surface area contributed by atoms with Crippen molar-refractivity contribution in [3.63, 3.8) is 0 Å². The molecule has 0 amide bonds. The first-order chi connectivity index (χ1) is 7.58. The fraction of sp³-hybridized carbons (Fsp3) is 0.385. The van der Waals surface area contributed by atoms with Gasteiger partial charge < -0.3 is 10.2 Å². The molecule has 1 aromatic rings. The number of aliphatic hydroxyl groups excluding tert-OH is 2. The van der Waals surface area contributed by atoms with Gasteiger partial charge in [-0.15, -0.1) is 0 Å². The lowest BCUT2D eigenvalue weighted by atomic mass is 9.87. The number of halogens is 1. The second-order valence-electron chi connectivity index (χ2n) is 4.84. The van der Waals surface area contributed by atoms with Crippen LogP contribution in [0.25, 0.3) is 12.2 Å². The van der Waals surface area contributed by atoms with Gasteiger partial charge >= 0.3 is 0 Å². The highest BCUT2D eigenvalue weighted by Gasteiger charge is 2.42. The first-order valence-electron chi connectivity index (χ1n) is 5.46. The average molecular weight is 281 g/mol. The first-order valence-corrected chi connectivity index (χ1v) is 6.25. The minimum absolute atomic E-state index is 0.137. The van der Waals surface area contributed by atoms with Gasteiger partial charge in [0, 0.05) is 9.89 Å². The lowest BCUT2D eigenvalue weighted by Gasteiger charge is -2.16. The van der Waals surface area contributed by atoms with Crippen LogP contribution in [0.1, 0.15) is 12.8 Å². The van der Waals surface area contributed by atoms with E-state index in [1.165, 1.54) is 10.4 Å². The maximum atomic E-state index is 9.66. The summed E-state index contributed by atoms with van der Waals surface area (Å²) in [6.07, 6.45) is 4.41. The van der Waals surface area contributed by atoms with Gasteiger partial charge in [-0.3, -0.25) is 0 Å². The minimum atomic E-state index is -0.592. The molecule has 2 unspecified atom stereocenters. The van der Waals surface area contributed by atoms with E-state index in [9.17, 15) is 10.2 Å². The fourth-order valence-corrected chi connectivity index (χ4v) is 3.21. The summed E-state index contributed by atoms with van der Waals surface area (Å²) in [4.78, 5) is 0. The van der Waals surface area contributed by atoms with Crippen molar-refractivity contribution in [2.24, 2.45) is 5.41 Å². The monoisotopic (exact) mass is 280 g/mol. The molecule has 2 atom stereocenters. The van der Waals surface area contributed by atoms with Crippen LogP contribution in [0.5, 0.6) is 0 Å². The Labute approximate surface area is 102 Å². The van der Waals surface area contributed by atoms with Gasteiger partial charge in [0.25, 0.3) is 0 Å². The third-order valence-corrected chi connectivity index (χ3v) is 4.05. The summed E-state index contributed by atoms with van der Waals surface area (Å²) < 4.78 is 1.06. The van der Waals surface area contributed by atoms with Crippen LogP contribution >= 0.6 is 15.9 Å². The predicted molar refractivity (Wildman–Crippen MR) is 66.0 cm³/mol. The largest absolute Gasteiger partial charge is 0.390 e. The highest BCUT2D eigenvalue weighted by atomic mass is 79.9. The minimum Gasteiger partial charge on any atom is -0.390 e. The van der Waals surface area contributed by atoms with Gasteiger partial charge in [-0.25, -0.2) is 0 Å². The van der Waals surface area contributed by atoms with E-state index in [0.717, 1.165) is 4.47 Å². The Hall–Kier alpha value is -0.640. The van der Waals surface area contributed by atoms with E-state index in [0.29, 0.717) is 12.8 Å². The molecule has 0 radical (unpaired) electrons. The number of aliphatic hydroxyl groups is 2. The van der Waals surface area contributed by atoms with Crippen molar-refractivity contribution < 1.29 is 10.2 Å². The molecule has 0 aromatic heterocycles. The molecule has 1 spiro atoms. The van der Waals surface area contributed by atoms with Crippen LogP contribution in [0.3, 0.4) is 0 Å². The second kappa shape index (κ2) is 3.42. The van der Waals surface area contributed by atoms with Crippen molar-refractivity contribution in [1.29, 1.82) is 0 Å². The zero-order valence-corrected chi connectivity index (χ0v) is 10.3. The summed E-state index contributed by atoms with van der Waals surface area (Å²) in [7, 11) is 0. The number of hydrogen-bond acceptors (Lipinski definition) is 2. The Bertz CT molecular complexity index is 540. The molecular formula is C13H13BrO2. The number of fused-ring (bicyclic) bond motifs is 1. The maximum absolute atomic E-state index is 9.66.